The number of amides is 1. The first-order valence-electron chi connectivity index (χ1n) is 5.69. The fourth-order valence-corrected chi connectivity index (χ4v) is 2.38. The normalized spacial score (nSPS) is 18.1. The fraction of sp³-hybridized carbons (Fsp3) is 0.909. The molecule has 1 amide bonds. The van der Waals surface area contributed by atoms with Gasteiger partial charge in [-0.25, -0.2) is 0 Å². The molecule has 0 bridgehead atoms. The Morgan fingerprint density at radius 3 is 2.67 bits per heavy atom. The SMILES string of the molecule is CCCOCC(=O)N1CCC(CBr)CC1. The van der Waals surface area contributed by atoms with Gasteiger partial charge in [0.1, 0.15) is 6.61 Å². The van der Waals surface area contributed by atoms with Gasteiger partial charge in [0.05, 0.1) is 0 Å². The summed E-state index contributed by atoms with van der Waals surface area (Å²) in [6, 6.07) is 0. The van der Waals surface area contributed by atoms with Gasteiger partial charge in [0.25, 0.3) is 0 Å². The summed E-state index contributed by atoms with van der Waals surface area (Å²) in [5, 5.41) is 1.06. The fourth-order valence-electron chi connectivity index (χ4n) is 1.73. The molecule has 1 fully saturated rings. The van der Waals surface area contributed by atoms with Crippen LogP contribution >= 0.6 is 15.9 Å². The summed E-state index contributed by atoms with van der Waals surface area (Å²) in [5.41, 5.74) is 0. The molecule has 1 aliphatic rings. The number of hydrogen-bond acceptors (Lipinski definition) is 2. The largest absolute Gasteiger partial charge is 0.372 e. The molecule has 0 atom stereocenters. The minimum absolute atomic E-state index is 0.150. The average Bonchev–Trinajstić information content (AvgIpc) is 2.29. The third-order valence-corrected chi connectivity index (χ3v) is 3.68. The van der Waals surface area contributed by atoms with Crippen LogP contribution in [0.5, 0.6) is 0 Å². The maximum absolute atomic E-state index is 11.7. The molecule has 1 aliphatic heterocycles. The molecule has 1 saturated heterocycles. The van der Waals surface area contributed by atoms with Crippen LogP contribution in [0.1, 0.15) is 26.2 Å². The number of carbonyl (C=O) groups is 1. The first-order valence-corrected chi connectivity index (χ1v) is 6.81. The second kappa shape index (κ2) is 7.23. The van der Waals surface area contributed by atoms with E-state index in [1.54, 1.807) is 0 Å². The van der Waals surface area contributed by atoms with Crippen molar-refractivity contribution in [3.63, 3.8) is 0 Å². The predicted molar refractivity (Wildman–Crippen MR) is 64.2 cm³/mol. The molecule has 0 aromatic heterocycles. The number of piperidine rings is 1. The van der Waals surface area contributed by atoms with E-state index >= 15 is 0 Å². The maximum atomic E-state index is 11.7. The molecule has 1 rings (SSSR count). The van der Waals surface area contributed by atoms with Crippen molar-refractivity contribution in [2.75, 3.05) is 31.6 Å². The molecular weight excluding hydrogens is 258 g/mol. The van der Waals surface area contributed by atoms with E-state index in [2.05, 4.69) is 15.9 Å². The summed E-state index contributed by atoms with van der Waals surface area (Å²) in [4.78, 5) is 13.6. The Balaban J connectivity index is 2.18. The quantitative estimate of drug-likeness (QED) is 0.569. The van der Waals surface area contributed by atoms with Crippen LogP contribution < -0.4 is 0 Å². The van der Waals surface area contributed by atoms with E-state index < -0.39 is 0 Å². The van der Waals surface area contributed by atoms with Crippen molar-refractivity contribution >= 4 is 21.8 Å². The molecule has 3 nitrogen and oxygen atoms in total. The Bertz CT molecular complexity index is 191. The molecule has 88 valence electrons. The van der Waals surface area contributed by atoms with E-state index in [0.717, 1.165) is 43.6 Å². The van der Waals surface area contributed by atoms with Crippen molar-refractivity contribution in [2.24, 2.45) is 5.92 Å². The molecule has 0 unspecified atom stereocenters. The highest BCUT2D eigenvalue weighted by Crippen LogP contribution is 2.18. The van der Waals surface area contributed by atoms with E-state index in [-0.39, 0.29) is 12.5 Å². The summed E-state index contributed by atoms with van der Waals surface area (Å²) in [7, 11) is 0. The number of carbonyl (C=O) groups excluding carboxylic acids is 1. The third kappa shape index (κ3) is 4.51. The number of alkyl halides is 1. The molecule has 4 heteroatoms. The van der Waals surface area contributed by atoms with Crippen LogP contribution in [0.4, 0.5) is 0 Å². The third-order valence-electron chi connectivity index (χ3n) is 2.76. The molecule has 0 spiro atoms. The summed E-state index contributed by atoms with van der Waals surface area (Å²) < 4.78 is 5.25. The summed E-state index contributed by atoms with van der Waals surface area (Å²) in [5.74, 6) is 0.891. The molecule has 15 heavy (non-hydrogen) atoms. The lowest BCUT2D eigenvalue weighted by molar-refractivity contribution is -0.137. The smallest absolute Gasteiger partial charge is 0.248 e. The van der Waals surface area contributed by atoms with Gasteiger partial charge in [0, 0.05) is 25.0 Å². The van der Waals surface area contributed by atoms with Crippen molar-refractivity contribution in [2.45, 2.75) is 26.2 Å². The van der Waals surface area contributed by atoms with Crippen molar-refractivity contribution in [1.82, 2.24) is 4.90 Å². The highest BCUT2D eigenvalue weighted by molar-refractivity contribution is 9.09. The first kappa shape index (κ1) is 13.0. The van der Waals surface area contributed by atoms with E-state index in [1.165, 1.54) is 0 Å². The molecule has 0 aliphatic carbocycles. The van der Waals surface area contributed by atoms with Gasteiger partial charge in [0.2, 0.25) is 5.91 Å². The highest BCUT2D eigenvalue weighted by Gasteiger charge is 2.21. The van der Waals surface area contributed by atoms with Crippen molar-refractivity contribution in [3.8, 4) is 0 Å². The molecule has 0 N–H and O–H groups in total. The van der Waals surface area contributed by atoms with E-state index in [4.69, 9.17) is 4.74 Å². The number of hydrogen-bond donors (Lipinski definition) is 0. The van der Waals surface area contributed by atoms with E-state index in [9.17, 15) is 4.79 Å². The number of likely N-dealkylation sites (tertiary alicyclic amines) is 1. The van der Waals surface area contributed by atoms with Crippen molar-refractivity contribution in [1.29, 1.82) is 0 Å². The van der Waals surface area contributed by atoms with E-state index in [1.807, 2.05) is 11.8 Å². The van der Waals surface area contributed by atoms with Crippen LogP contribution in [0.2, 0.25) is 0 Å². The van der Waals surface area contributed by atoms with Gasteiger partial charge < -0.3 is 9.64 Å². The van der Waals surface area contributed by atoms with Gasteiger partial charge in [-0.15, -0.1) is 0 Å². The zero-order chi connectivity index (χ0) is 11.1. The van der Waals surface area contributed by atoms with Gasteiger partial charge in [-0.3, -0.25) is 4.79 Å². The van der Waals surface area contributed by atoms with Gasteiger partial charge in [0.15, 0.2) is 0 Å². The molecule has 0 aromatic rings. The first-order chi connectivity index (χ1) is 7.27. The van der Waals surface area contributed by atoms with E-state index in [0.29, 0.717) is 6.61 Å². The standard InChI is InChI=1S/C11H20BrNO2/c1-2-7-15-9-11(14)13-5-3-10(8-12)4-6-13/h10H,2-9H2,1H3. The lowest BCUT2D eigenvalue weighted by Gasteiger charge is -2.31. The molecule has 0 aromatic carbocycles. The van der Waals surface area contributed by atoms with Crippen LogP contribution in [-0.4, -0.2) is 42.4 Å². The molecule has 0 radical (unpaired) electrons. The second-order valence-corrected chi connectivity index (χ2v) is 4.68. The number of ether oxygens (including phenoxy) is 1. The Kier molecular flexibility index (Phi) is 6.25. The number of nitrogens with zero attached hydrogens (tertiary/aromatic N) is 1. The lowest BCUT2D eigenvalue weighted by Crippen LogP contribution is -2.40. The summed E-state index contributed by atoms with van der Waals surface area (Å²) >= 11 is 3.49. The van der Waals surface area contributed by atoms with Crippen molar-refractivity contribution < 1.29 is 9.53 Å². The Morgan fingerprint density at radius 2 is 2.13 bits per heavy atom. The maximum Gasteiger partial charge on any atom is 0.248 e. The van der Waals surface area contributed by atoms with Crippen LogP contribution in [-0.2, 0) is 9.53 Å². The van der Waals surface area contributed by atoms with Crippen LogP contribution in [0.25, 0.3) is 0 Å². The monoisotopic (exact) mass is 277 g/mol. The van der Waals surface area contributed by atoms with Crippen LogP contribution in [0.3, 0.4) is 0 Å². The van der Waals surface area contributed by atoms with Gasteiger partial charge in [-0.05, 0) is 25.2 Å². The minimum atomic E-state index is 0.150. The van der Waals surface area contributed by atoms with Gasteiger partial charge >= 0.3 is 0 Å². The van der Waals surface area contributed by atoms with Gasteiger partial charge in [-0.1, -0.05) is 22.9 Å². The Labute approximate surface area is 100 Å². The summed E-state index contributed by atoms with van der Waals surface area (Å²) in [6.45, 7) is 4.78. The van der Waals surface area contributed by atoms with Crippen LogP contribution in [0.15, 0.2) is 0 Å². The molecule has 0 saturated carbocycles. The molecule has 1 heterocycles. The van der Waals surface area contributed by atoms with Crippen LogP contribution in [0, 0.1) is 5.92 Å². The summed E-state index contributed by atoms with van der Waals surface area (Å²) in [6.07, 6.45) is 3.20. The minimum Gasteiger partial charge on any atom is -0.372 e. The Morgan fingerprint density at radius 1 is 1.47 bits per heavy atom. The highest BCUT2D eigenvalue weighted by atomic mass is 79.9. The lowest BCUT2D eigenvalue weighted by atomic mass is 9.99. The zero-order valence-electron chi connectivity index (χ0n) is 9.38. The topological polar surface area (TPSA) is 29.5 Å². The predicted octanol–water partition coefficient (Wildman–Crippen LogP) is 2.05. The zero-order valence-corrected chi connectivity index (χ0v) is 11.0. The van der Waals surface area contributed by atoms with Gasteiger partial charge in [-0.2, -0.15) is 0 Å². The number of halogens is 1. The molecular formula is C11H20BrNO2. The van der Waals surface area contributed by atoms with Crippen molar-refractivity contribution in [3.05, 3.63) is 0 Å². The second-order valence-electron chi connectivity index (χ2n) is 4.03. The Hall–Kier alpha value is -0.0900. The number of rotatable bonds is 5. The average molecular weight is 278 g/mol.